The van der Waals surface area contributed by atoms with Crippen molar-refractivity contribution in [2.45, 2.75) is 0 Å². The van der Waals surface area contributed by atoms with E-state index in [9.17, 15) is 9.59 Å². The maximum atomic E-state index is 11.9. The zero-order valence-corrected chi connectivity index (χ0v) is 12.7. The third kappa shape index (κ3) is 2.90. The van der Waals surface area contributed by atoms with Gasteiger partial charge in [0, 0.05) is 45.1 Å². The number of carbonyl (C=O) groups is 2. The molecular formula is C15H17N3O2S. The molecule has 3 rings (SSSR count). The summed E-state index contributed by atoms with van der Waals surface area (Å²) in [5.41, 5.74) is 1.23. The molecule has 0 saturated carbocycles. The topological polar surface area (TPSA) is 43.9 Å². The van der Waals surface area contributed by atoms with Gasteiger partial charge < -0.3 is 9.80 Å². The lowest BCUT2D eigenvalue weighted by Gasteiger charge is -2.35. The maximum absolute atomic E-state index is 11.9. The van der Waals surface area contributed by atoms with Crippen LogP contribution in [0.4, 0.5) is 10.5 Å². The normalized spacial score (nSPS) is 21.6. The number of para-hydroxylation sites is 1. The third-order valence-electron chi connectivity index (χ3n) is 3.72. The number of hydrogen-bond donors (Lipinski definition) is 0. The van der Waals surface area contributed by atoms with Crippen molar-refractivity contribution in [1.29, 1.82) is 0 Å². The lowest BCUT2D eigenvalue weighted by molar-refractivity contribution is -0.121. The van der Waals surface area contributed by atoms with Crippen molar-refractivity contribution in [3.05, 3.63) is 41.4 Å². The number of amides is 2. The summed E-state index contributed by atoms with van der Waals surface area (Å²) in [6.45, 7) is 3.53. The molecule has 0 radical (unpaired) electrons. The van der Waals surface area contributed by atoms with E-state index < -0.39 is 0 Å². The fourth-order valence-corrected chi connectivity index (χ4v) is 3.28. The fourth-order valence-electron chi connectivity index (χ4n) is 2.45. The van der Waals surface area contributed by atoms with Crippen LogP contribution < -0.4 is 4.90 Å². The second-order valence-corrected chi connectivity index (χ2v) is 6.08. The molecule has 0 aliphatic carbocycles. The Morgan fingerprint density at radius 2 is 1.71 bits per heavy atom. The lowest BCUT2D eigenvalue weighted by Crippen LogP contribution is -2.44. The first-order valence-electron chi connectivity index (χ1n) is 6.91. The smallest absolute Gasteiger partial charge is 0.293 e. The standard InChI is InChI=1S/C15H17N3O2S/c1-16-14(19)13(21-15(16)20)11-17-7-9-18(10-8-17)12-5-3-2-4-6-12/h2-6,11H,7-10H2,1H3/b13-11-. The Labute approximate surface area is 128 Å². The highest BCUT2D eigenvalue weighted by molar-refractivity contribution is 8.18. The van der Waals surface area contributed by atoms with E-state index in [1.165, 1.54) is 12.7 Å². The van der Waals surface area contributed by atoms with E-state index in [0.717, 1.165) is 42.8 Å². The van der Waals surface area contributed by atoms with Crippen LogP contribution in [0.5, 0.6) is 0 Å². The number of nitrogens with zero attached hydrogens (tertiary/aromatic N) is 3. The van der Waals surface area contributed by atoms with Gasteiger partial charge in [0.2, 0.25) is 0 Å². The summed E-state index contributed by atoms with van der Waals surface area (Å²) in [5.74, 6) is -0.199. The lowest BCUT2D eigenvalue weighted by atomic mass is 10.2. The summed E-state index contributed by atoms with van der Waals surface area (Å²) in [5, 5.41) is -0.200. The number of carbonyl (C=O) groups excluding carboxylic acids is 2. The van der Waals surface area contributed by atoms with Crippen molar-refractivity contribution in [3.63, 3.8) is 0 Å². The molecule has 1 aromatic rings. The first kappa shape index (κ1) is 14.0. The van der Waals surface area contributed by atoms with Gasteiger partial charge in [0.15, 0.2) is 0 Å². The zero-order chi connectivity index (χ0) is 14.8. The Bertz CT molecular complexity index is 580. The van der Waals surface area contributed by atoms with Crippen molar-refractivity contribution >= 4 is 28.6 Å². The maximum Gasteiger partial charge on any atom is 0.293 e. The number of thioether (sulfide) groups is 1. The average Bonchev–Trinajstić information content (AvgIpc) is 2.76. The van der Waals surface area contributed by atoms with Crippen LogP contribution in [0, 0.1) is 0 Å². The summed E-state index contributed by atoms with van der Waals surface area (Å²) < 4.78 is 0. The minimum absolute atomic E-state index is 0.199. The van der Waals surface area contributed by atoms with Crippen molar-refractivity contribution in [2.24, 2.45) is 0 Å². The predicted molar refractivity (Wildman–Crippen MR) is 84.1 cm³/mol. The largest absolute Gasteiger partial charge is 0.373 e. The molecule has 2 fully saturated rings. The van der Waals surface area contributed by atoms with Gasteiger partial charge in [-0.3, -0.25) is 14.5 Å². The number of anilines is 1. The van der Waals surface area contributed by atoms with E-state index in [2.05, 4.69) is 21.9 Å². The summed E-state index contributed by atoms with van der Waals surface area (Å²) in [4.78, 5) is 29.5. The van der Waals surface area contributed by atoms with Crippen LogP contribution in [0.2, 0.25) is 0 Å². The van der Waals surface area contributed by atoms with Gasteiger partial charge in [0.1, 0.15) is 0 Å². The summed E-state index contributed by atoms with van der Waals surface area (Å²) in [7, 11) is 1.52. The monoisotopic (exact) mass is 303 g/mol. The molecule has 2 heterocycles. The van der Waals surface area contributed by atoms with Gasteiger partial charge in [-0.2, -0.15) is 0 Å². The van der Waals surface area contributed by atoms with E-state index in [4.69, 9.17) is 0 Å². The van der Waals surface area contributed by atoms with Crippen LogP contribution in [0.3, 0.4) is 0 Å². The number of likely N-dealkylation sites (N-methyl/N-ethyl adjacent to an activating group) is 1. The molecule has 2 amide bonds. The molecule has 0 aromatic heterocycles. The molecule has 0 unspecified atom stereocenters. The van der Waals surface area contributed by atoms with Crippen LogP contribution in [0.25, 0.3) is 0 Å². The molecule has 2 aliphatic heterocycles. The average molecular weight is 303 g/mol. The van der Waals surface area contributed by atoms with E-state index in [0.29, 0.717) is 4.91 Å². The molecular weight excluding hydrogens is 286 g/mol. The fraction of sp³-hybridized carbons (Fsp3) is 0.333. The van der Waals surface area contributed by atoms with E-state index >= 15 is 0 Å². The van der Waals surface area contributed by atoms with Crippen LogP contribution in [0.1, 0.15) is 0 Å². The number of piperazine rings is 1. The van der Waals surface area contributed by atoms with Crippen LogP contribution in [-0.4, -0.2) is 54.2 Å². The van der Waals surface area contributed by atoms with Gasteiger partial charge in [0.25, 0.3) is 11.1 Å². The molecule has 2 saturated heterocycles. The van der Waals surface area contributed by atoms with Gasteiger partial charge in [-0.05, 0) is 23.9 Å². The molecule has 1 aromatic carbocycles. The highest BCUT2D eigenvalue weighted by Crippen LogP contribution is 2.29. The van der Waals surface area contributed by atoms with Gasteiger partial charge in [-0.15, -0.1) is 0 Å². The number of benzene rings is 1. The first-order chi connectivity index (χ1) is 10.1. The quantitative estimate of drug-likeness (QED) is 0.782. The molecule has 0 N–H and O–H groups in total. The Hall–Kier alpha value is -1.95. The first-order valence-corrected chi connectivity index (χ1v) is 7.72. The molecule has 2 aliphatic rings. The number of rotatable bonds is 2. The van der Waals surface area contributed by atoms with Crippen molar-refractivity contribution in [3.8, 4) is 0 Å². The Morgan fingerprint density at radius 3 is 2.29 bits per heavy atom. The van der Waals surface area contributed by atoms with E-state index in [1.54, 1.807) is 0 Å². The Morgan fingerprint density at radius 1 is 1.05 bits per heavy atom. The van der Waals surface area contributed by atoms with E-state index in [-0.39, 0.29) is 11.1 Å². The highest BCUT2D eigenvalue weighted by Gasteiger charge is 2.32. The van der Waals surface area contributed by atoms with Gasteiger partial charge >= 0.3 is 0 Å². The second kappa shape index (κ2) is 5.81. The molecule has 21 heavy (non-hydrogen) atoms. The highest BCUT2D eigenvalue weighted by atomic mass is 32.2. The SMILES string of the molecule is CN1C(=O)S/C(=C\N2CCN(c3ccccc3)CC2)C1=O. The van der Waals surface area contributed by atoms with Gasteiger partial charge in [-0.25, -0.2) is 0 Å². The third-order valence-corrected chi connectivity index (χ3v) is 4.67. The second-order valence-electron chi connectivity index (χ2n) is 5.08. The Kier molecular flexibility index (Phi) is 3.88. The predicted octanol–water partition coefficient (Wildman–Crippen LogP) is 1.98. The minimum Gasteiger partial charge on any atom is -0.373 e. The molecule has 6 heteroatoms. The van der Waals surface area contributed by atoms with Crippen LogP contribution >= 0.6 is 11.8 Å². The van der Waals surface area contributed by atoms with Crippen LogP contribution in [-0.2, 0) is 4.79 Å². The van der Waals surface area contributed by atoms with Crippen molar-refractivity contribution < 1.29 is 9.59 Å². The molecule has 5 nitrogen and oxygen atoms in total. The molecule has 0 atom stereocenters. The van der Waals surface area contributed by atoms with Gasteiger partial charge in [-0.1, -0.05) is 18.2 Å². The summed E-state index contributed by atoms with van der Waals surface area (Å²) in [6, 6.07) is 10.3. The van der Waals surface area contributed by atoms with Crippen molar-refractivity contribution in [1.82, 2.24) is 9.80 Å². The molecule has 0 bridgehead atoms. The minimum atomic E-state index is -0.200. The van der Waals surface area contributed by atoms with Crippen LogP contribution in [0.15, 0.2) is 41.4 Å². The zero-order valence-electron chi connectivity index (χ0n) is 11.9. The van der Waals surface area contributed by atoms with Crippen molar-refractivity contribution in [2.75, 3.05) is 38.1 Å². The Balaban J connectivity index is 1.62. The number of imide groups is 1. The van der Waals surface area contributed by atoms with E-state index in [1.807, 2.05) is 24.4 Å². The summed E-state index contributed by atoms with van der Waals surface area (Å²) in [6.07, 6.45) is 1.83. The number of hydrogen-bond acceptors (Lipinski definition) is 5. The molecule has 110 valence electrons. The molecule has 0 spiro atoms. The summed E-state index contributed by atoms with van der Waals surface area (Å²) >= 11 is 1.02. The van der Waals surface area contributed by atoms with Gasteiger partial charge in [0.05, 0.1) is 4.91 Å².